The number of rotatable bonds is 2. The van der Waals surface area contributed by atoms with Gasteiger partial charge in [0.05, 0.1) is 12.2 Å². The van der Waals surface area contributed by atoms with E-state index in [0.717, 1.165) is 31.6 Å². The van der Waals surface area contributed by atoms with E-state index in [9.17, 15) is 0 Å². The van der Waals surface area contributed by atoms with Crippen LogP contribution in [0.25, 0.3) is 0 Å². The molecule has 0 saturated carbocycles. The van der Waals surface area contributed by atoms with Crippen LogP contribution in [0.2, 0.25) is 0 Å². The smallest absolute Gasteiger partial charge is 0.188 e. The second-order valence-corrected chi connectivity index (χ2v) is 4.75. The van der Waals surface area contributed by atoms with Crippen molar-refractivity contribution < 1.29 is 9.94 Å². The van der Waals surface area contributed by atoms with Crippen LogP contribution >= 0.6 is 0 Å². The summed E-state index contributed by atoms with van der Waals surface area (Å²) in [4.78, 5) is 6.36. The van der Waals surface area contributed by atoms with Crippen molar-refractivity contribution >= 4 is 11.5 Å². The largest absolute Gasteiger partial charge is 0.409 e. The molecular formula is C12H16N4O2. The standard InChI is InChI=1S/C12H16N4O2/c13-12(15-17)11-5-8(3-4-14-11)16-6-9-1-2-10(7-16)18-9/h3-5,9-10,17H,1-2,6-7H2,(H2,13,15). The first kappa shape index (κ1) is 11.3. The summed E-state index contributed by atoms with van der Waals surface area (Å²) in [6.45, 7) is 1.80. The van der Waals surface area contributed by atoms with Crippen LogP contribution in [0.5, 0.6) is 0 Å². The molecule has 3 heterocycles. The Labute approximate surface area is 105 Å². The van der Waals surface area contributed by atoms with E-state index in [4.69, 9.17) is 15.7 Å². The van der Waals surface area contributed by atoms with Gasteiger partial charge in [-0.05, 0) is 25.0 Å². The van der Waals surface area contributed by atoms with Crippen molar-refractivity contribution in [2.24, 2.45) is 10.9 Å². The number of nitrogens with zero attached hydrogens (tertiary/aromatic N) is 3. The summed E-state index contributed by atoms with van der Waals surface area (Å²) >= 11 is 0. The van der Waals surface area contributed by atoms with E-state index in [-0.39, 0.29) is 5.84 Å². The average Bonchev–Trinajstić information content (AvgIpc) is 2.76. The van der Waals surface area contributed by atoms with Gasteiger partial charge in [0.1, 0.15) is 5.69 Å². The molecule has 3 N–H and O–H groups in total. The third-order valence-corrected chi connectivity index (χ3v) is 3.52. The minimum atomic E-state index is 0.0353. The van der Waals surface area contributed by atoms with Crippen LogP contribution in [0.1, 0.15) is 18.5 Å². The van der Waals surface area contributed by atoms with E-state index in [1.165, 1.54) is 0 Å². The van der Waals surface area contributed by atoms with Gasteiger partial charge in [-0.1, -0.05) is 5.16 Å². The molecule has 18 heavy (non-hydrogen) atoms. The number of pyridine rings is 1. The van der Waals surface area contributed by atoms with E-state index in [0.29, 0.717) is 17.9 Å². The molecule has 6 heteroatoms. The molecule has 2 atom stereocenters. The lowest BCUT2D eigenvalue weighted by atomic mass is 10.2. The normalized spacial score (nSPS) is 27.6. The maximum atomic E-state index is 8.67. The number of ether oxygens (including phenoxy) is 1. The molecule has 0 amide bonds. The highest BCUT2D eigenvalue weighted by atomic mass is 16.5. The molecule has 3 rings (SSSR count). The highest BCUT2D eigenvalue weighted by Crippen LogP contribution is 2.29. The van der Waals surface area contributed by atoms with Crippen LogP contribution in [0.15, 0.2) is 23.5 Å². The first-order chi connectivity index (χ1) is 8.76. The number of morpholine rings is 1. The van der Waals surface area contributed by atoms with Crippen molar-refractivity contribution in [2.45, 2.75) is 25.0 Å². The third kappa shape index (κ3) is 1.99. The van der Waals surface area contributed by atoms with E-state index >= 15 is 0 Å². The zero-order valence-corrected chi connectivity index (χ0v) is 9.99. The van der Waals surface area contributed by atoms with Gasteiger partial charge in [0, 0.05) is 25.0 Å². The third-order valence-electron chi connectivity index (χ3n) is 3.52. The molecule has 2 fully saturated rings. The van der Waals surface area contributed by atoms with Gasteiger partial charge in [0.15, 0.2) is 5.84 Å². The van der Waals surface area contributed by atoms with E-state index in [2.05, 4.69) is 15.0 Å². The van der Waals surface area contributed by atoms with Crippen molar-refractivity contribution in [3.8, 4) is 0 Å². The van der Waals surface area contributed by atoms with Gasteiger partial charge in [0.2, 0.25) is 0 Å². The summed E-state index contributed by atoms with van der Waals surface area (Å²) in [6.07, 6.45) is 4.63. The quantitative estimate of drug-likeness (QED) is 0.345. The summed E-state index contributed by atoms with van der Waals surface area (Å²) in [5, 5.41) is 11.6. The number of fused-ring (bicyclic) bond motifs is 2. The first-order valence-corrected chi connectivity index (χ1v) is 6.10. The lowest BCUT2D eigenvalue weighted by molar-refractivity contribution is 0.0305. The summed E-state index contributed by atoms with van der Waals surface area (Å²) in [6, 6.07) is 3.79. The Morgan fingerprint density at radius 3 is 2.83 bits per heavy atom. The Morgan fingerprint density at radius 2 is 2.17 bits per heavy atom. The predicted molar refractivity (Wildman–Crippen MR) is 66.9 cm³/mol. The average molecular weight is 248 g/mol. The monoisotopic (exact) mass is 248 g/mol. The van der Waals surface area contributed by atoms with Gasteiger partial charge < -0.3 is 20.6 Å². The van der Waals surface area contributed by atoms with Crippen LogP contribution in [-0.4, -0.2) is 41.3 Å². The van der Waals surface area contributed by atoms with Gasteiger partial charge in [-0.15, -0.1) is 0 Å². The lowest BCUT2D eigenvalue weighted by Gasteiger charge is -2.33. The topological polar surface area (TPSA) is 84.0 Å². The van der Waals surface area contributed by atoms with Crippen LogP contribution < -0.4 is 10.6 Å². The predicted octanol–water partition coefficient (Wildman–Crippen LogP) is 0.544. The Kier molecular flexibility index (Phi) is 2.79. The fourth-order valence-corrected chi connectivity index (χ4v) is 2.63. The molecule has 0 aliphatic carbocycles. The molecule has 0 spiro atoms. The van der Waals surface area contributed by atoms with Crippen LogP contribution in [0.4, 0.5) is 5.69 Å². The molecule has 2 aliphatic heterocycles. The van der Waals surface area contributed by atoms with Gasteiger partial charge in [0.25, 0.3) is 0 Å². The SMILES string of the molecule is NC(=NO)c1cc(N2CC3CCC(C2)O3)ccn1. The number of anilines is 1. The van der Waals surface area contributed by atoms with Gasteiger partial charge >= 0.3 is 0 Å². The number of oxime groups is 1. The van der Waals surface area contributed by atoms with Crippen LogP contribution in [-0.2, 0) is 4.74 Å². The maximum absolute atomic E-state index is 8.67. The second kappa shape index (κ2) is 4.45. The Hall–Kier alpha value is -1.82. The highest BCUT2D eigenvalue weighted by Gasteiger charge is 2.33. The van der Waals surface area contributed by atoms with Gasteiger partial charge in [-0.2, -0.15) is 0 Å². The van der Waals surface area contributed by atoms with Crippen LogP contribution in [0, 0.1) is 0 Å². The number of nitrogens with two attached hydrogens (primary N) is 1. The molecule has 96 valence electrons. The first-order valence-electron chi connectivity index (χ1n) is 6.10. The van der Waals surface area contributed by atoms with E-state index in [1.807, 2.05) is 12.1 Å². The number of amidine groups is 1. The fraction of sp³-hybridized carbons (Fsp3) is 0.500. The van der Waals surface area contributed by atoms with Crippen LogP contribution in [0.3, 0.4) is 0 Å². The minimum absolute atomic E-state index is 0.0353. The molecule has 2 saturated heterocycles. The van der Waals surface area contributed by atoms with Gasteiger partial charge in [-0.25, -0.2) is 0 Å². The van der Waals surface area contributed by atoms with Crippen molar-refractivity contribution in [3.05, 3.63) is 24.0 Å². The summed E-state index contributed by atoms with van der Waals surface area (Å²) in [5.74, 6) is 0.0353. The highest BCUT2D eigenvalue weighted by molar-refractivity contribution is 5.95. The zero-order chi connectivity index (χ0) is 12.5. The molecule has 2 unspecified atom stereocenters. The molecule has 2 aliphatic rings. The fourth-order valence-electron chi connectivity index (χ4n) is 2.63. The number of hydrogen-bond donors (Lipinski definition) is 2. The van der Waals surface area contributed by atoms with Gasteiger partial charge in [-0.3, -0.25) is 4.98 Å². The molecule has 0 radical (unpaired) electrons. The Bertz CT molecular complexity index is 465. The Balaban J connectivity index is 1.84. The van der Waals surface area contributed by atoms with Crippen molar-refractivity contribution in [2.75, 3.05) is 18.0 Å². The molecule has 6 nitrogen and oxygen atoms in total. The molecule has 0 aromatic carbocycles. The molecule has 1 aromatic rings. The maximum Gasteiger partial charge on any atom is 0.188 e. The Morgan fingerprint density at radius 1 is 1.44 bits per heavy atom. The van der Waals surface area contributed by atoms with Crippen molar-refractivity contribution in [1.29, 1.82) is 0 Å². The zero-order valence-electron chi connectivity index (χ0n) is 9.99. The molecule has 1 aromatic heterocycles. The van der Waals surface area contributed by atoms with Crippen molar-refractivity contribution in [1.82, 2.24) is 4.98 Å². The van der Waals surface area contributed by atoms with Crippen molar-refractivity contribution in [3.63, 3.8) is 0 Å². The second-order valence-electron chi connectivity index (χ2n) is 4.75. The number of aromatic nitrogens is 1. The van der Waals surface area contributed by atoms with E-state index < -0.39 is 0 Å². The summed E-state index contributed by atoms with van der Waals surface area (Å²) in [7, 11) is 0. The minimum Gasteiger partial charge on any atom is -0.409 e. The van der Waals surface area contributed by atoms with E-state index in [1.54, 1.807) is 6.20 Å². The molecular weight excluding hydrogens is 232 g/mol. The summed E-state index contributed by atoms with van der Waals surface area (Å²) in [5.41, 5.74) is 7.10. The summed E-state index contributed by atoms with van der Waals surface area (Å²) < 4.78 is 5.80. The molecule has 2 bridgehead atoms. The lowest BCUT2D eigenvalue weighted by Crippen LogP contribution is -2.42. The number of hydrogen-bond acceptors (Lipinski definition) is 5.